The van der Waals surface area contributed by atoms with Crippen molar-refractivity contribution in [1.29, 1.82) is 0 Å². The molecule has 9 nitrogen and oxygen atoms in total. The smallest absolute Gasteiger partial charge is 0.258 e. The van der Waals surface area contributed by atoms with E-state index in [2.05, 4.69) is 19.8 Å². The first-order valence-corrected chi connectivity index (χ1v) is 10.3. The predicted octanol–water partition coefficient (Wildman–Crippen LogP) is 1.72. The molecular formula is C17H21N5O4S. The van der Waals surface area contributed by atoms with Gasteiger partial charge in [0.05, 0.1) is 35.5 Å². The summed E-state index contributed by atoms with van der Waals surface area (Å²) in [6.45, 7) is 2.41. The van der Waals surface area contributed by atoms with E-state index in [9.17, 15) is 8.42 Å². The van der Waals surface area contributed by atoms with Crippen molar-refractivity contribution in [2.24, 2.45) is 7.05 Å². The van der Waals surface area contributed by atoms with Gasteiger partial charge in [-0.05, 0) is 25.3 Å². The maximum absolute atomic E-state index is 12.9. The van der Waals surface area contributed by atoms with Crippen LogP contribution in [0, 0.1) is 0 Å². The van der Waals surface area contributed by atoms with Crippen LogP contribution in [-0.4, -0.2) is 40.8 Å². The molecule has 0 radical (unpaired) electrons. The molecule has 3 aromatic rings. The highest BCUT2D eigenvalue weighted by Gasteiger charge is 2.29. The number of nitrogens with one attached hydrogen (secondary N) is 1. The number of sulfonamides is 1. The van der Waals surface area contributed by atoms with E-state index in [4.69, 9.17) is 9.26 Å². The van der Waals surface area contributed by atoms with Crippen molar-refractivity contribution in [1.82, 2.24) is 24.4 Å². The third kappa shape index (κ3) is 3.47. The van der Waals surface area contributed by atoms with Gasteiger partial charge in [-0.1, -0.05) is 12.1 Å². The Morgan fingerprint density at radius 1 is 1.37 bits per heavy atom. The van der Waals surface area contributed by atoms with Crippen LogP contribution in [0.4, 0.5) is 0 Å². The molecule has 0 unspecified atom stereocenters. The van der Waals surface area contributed by atoms with Crippen LogP contribution in [0.3, 0.4) is 0 Å². The standard InChI is InChI=1S/C17H21N5O4S/c1-3-14-13-7-12(8-19-17(13)26-20-14)27(23,24)21-11-4-5-25-16(6-11)15-9-18-10-22(15)2/h7-11,16,21H,3-6H2,1-2H3/t11-,16+/m1/s1. The zero-order valence-corrected chi connectivity index (χ0v) is 15.9. The molecule has 10 heteroatoms. The largest absolute Gasteiger partial charge is 0.372 e. The Bertz CT molecular complexity index is 1060. The van der Waals surface area contributed by atoms with Gasteiger partial charge < -0.3 is 13.8 Å². The number of aromatic nitrogens is 4. The number of imidazole rings is 1. The van der Waals surface area contributed by atoms with Gasteiger partial charge in [0.15, 0.2) is 0 Å². The minimum atomic E-state index is -3.72. The van der Waals surface area contributed by atoms with E-state index < -0.39 is 10.0 Å². The molecule has 0 aliphatic carbocycles. The summed E-state index contributed by atoms with van der Waals surface area (Å²) in [7, 11) is -1.82. The SMILES string of the molecule is CCc1noc2ncc(S(=O)(=O)N[C@@H]3CCO[C@H](c4cncn4C)C3)cc12. The van der Waals surface area contributed by atoms with Crippen molar-refractivity contribution in [3.8, 4) is 0 Å². The van der Waals surface area contributed by atoms with Gasteiger partial charge in [-0.2, -0.15) is 0 Å². The minimum absolute atomic E-state index is 0.108. The molecule has 1 aliphatic heterocycles. The molecule has 4 rings (SSSR count). The van der Waals surface area contributed by atoms with Crippen molar-refractivity contribution in [3.05, 3.63) is 36.2 Å². The van der Waals surface area contributed by atoms with Crippen molar-refractivity contribution in [2.45, 2.75) is 43.2 Å². The molecule has 1 saturated heterocycles. The lowest BCUT2D eigenvalue weighted by Gasteiger charge is -2.30. The summed E-state index contributed by atoms with van der Waals surface area (Å²) < 4.78 is 41.3. The van der Waals surface area contributed by atoms with Gasteiger partial charge in [0.25, 0.3) is 5.71 Å². The molecule has 0 bridgehead atoms. The van der Waals surface area contributed by atoms with E-state index in [-0.39, 0.29) is 17.0 Å². The number of nitrogens with zero attached hydrogens (tertiary/aromatic N) is 4. The Morgan fingerprint density at radius 2 is 2.22 bits per heavy atom. The van der Waals surface area contributed by atoms with Gasteiger partial charge in [0.2, 0.25) is 10.0 Å². The number of fused-ring (bicyclic) bond motifs is 1. The first kappa shape index (κ1) is 18.1. The Balaban J connectivity index is 1.55. The van der Waals surface area contributed by atoms with Gasteiger partial charge in [-0.3, -0.25) is 0 Å². The predicted molar refractivity (Wildman–Crippen MR) is 96.4 cm³/mol. The fourth-order valence-corrected chi connectivity index (χ4v) is 4.59. The second-order valence-corrected chi connectivity index (χ2v) is 8.35. The van der Waals surface area contributed by atoms with Crippen LogP contribution in [0.25, 0.3) is 11.1 Å². The number of aryl methyl sites for hydroxylation is 2. The lowest BCUT2D eigenvalue weighted by Crippen LogP contribution is -2.40. The first-order valence-electron chi connectivity index (χ1n) is 8.82. The van der Waals surface area contributed by atoms with E-state index in [0.29, 0.717) is 42.7 Å². The molecule has 3 aromatic heterocycles. The van der Waals surface area contributed by atoms with Crippen molar-refractivity contribution in [2.75, 3.05) is 6.61 Å². The van der Waals surface area contributed by atoms with Crippen LogP contribution in [0.15, 0.2) is 34.2 Å². The van der Waals surface area contributed by atoms with Gasteiger partial charge in [0, 0.05) is 19.7 Å². The van der Waals surface area contributed by atoms with Crippen LogP contribution < -0.4 is 4.72 Å². The van der Waals surface area contributed by atoms with Gasteiger partial charge >= 0.3 is 0 Å². The zero-order chi connectivity index (χ0) is 19.0. The van der Waals surface area contributed by atoms with Crippen molar-refractivity contribution < 1.29 is 17.7 Å². The molecule has 27 heavy (non-hydrogen) atoms. The average Bonchev–Trinajstić information content (AvgIpc) is 3.26. The summed E-state index contributed by atoms with van der Waals surface area (Å²) in [6.07, 6.45) is 6.35. The highest BCUT2D eigenvalue weighted by atomic mass is 32.2. The van der Waals surface area contributed by atoms with Crippen molar-refractivity contribution >= 4 is 21.1 Å². The number of hydrogen-bond donors (Lipinski definition) is 1. The third-order valence-corrected chi connectivity index (χ3v) is 6.30. The molecule has 0 saturated carbocycles. The Hall–Kier alpha value is -2.30. The summed E-state index contributed by atoms with van der Waals surface area (Å²) in [6, 6.07) is 1.34. The van der Waals surface area contributed by atoms with Crippen LogP contribution >= 0.6 is 0 Å². The van der Waals surface area contributed by atoms with Crippen LogP contribution in [0.5, 0.6) is 0 Å². The van der Waals surface area contributed by atoms with E-state index in [1.165, 1.54) is 6.20 Å². The van der Waals surface area contributed by atoms with E-state index in [0.717, 1.165) is 5.69 Å². The van der Waals surface area contributed by atoms with Crippen LogP contribution in [-0.2, 0) is 28.2 Å². The fourth-order valence-electron chi connectivity index (χ4n) is 3.34. The number of hydrogen-bond acceptors (Lipinski definition) is 7. The minimum Gasteiger partial charge on any atom is -0.372 e. The van der Waals surface area contributed by atoms with Gasteiger partial charge in [-0.15, -0.1) is 0 Å². The Morgan fingerprint density at radius 3 is 2.96 bits per heavy atom. The van der Waals surface area contributed by atoms with Crippen molar-refractivity contribution in [3.63, 3.8) is 0 Å². The topological polar surface area (TPSA) is 112 Å². The average molecular weight is 391 g/mol. The zero-order valence-electron chi connectivity index (χ0n) is 15.1. The van der Waals surface area contributed by atoms with Crippen LogP contribution in [0.2, 0.25) is 0 Å². The molecular weight excluding hydrogens is 370 g/mol. The number of pyridine rings is 1. The monoisotopic (exact) mass is 391 g/mol. The van der Waals surface area contributed by atoms with Gasteiger partial charge in [0.1, 0.15) is 11.0 Å². The summed E-state index contributed by atoms with van der Waals surface area (Å²) in [4.78, 5) is 8.31. The summed E-state index contributed by atoms with van der Waals surface area (Å²) in [5.41, 5.74) is 1.96. The number of rotatable bonds is 5. The number of ether oxygens (including phenoxy) is 1. The molecule has 0 amide bonds. The maximum Gasteiger partial charge on any atom is 0.258 e. The summed E-state index contributed by atoms with van der Waals surface area (Å²) >= 11 is 0. The normalized spacial score (nSPS) is 21.0. The Labute approximate surface area is 156 Å². The third-order valence-electron chi connectivity index (χ3n) is 4.81. The molecule has 1 fully saturated rings. The van der Waals surface area contributed by atoms with E-state index >= 15 is 0 Å². The quantitative estimate of drug-likeness (QED) is 0.704. The molecule has 4 heterocycles. The van der Waals surface area contributed by atoms with Gasteiger partial charge in [-0.25, -0.2) is 23.1 Å². The first-order chi connectivity index (χ1) is 13.0. The summed E-state index contributed by atoms with van der Waals surface area (Å²) in [5, 5.41) is 4.55. The lowest BCUT2D eigenvalue weighted by molar-refractivity contribution is -0.0000446. The second kappa shape index (κ2) is 7.02. The molecule has 0 spiro atoms. The van der Waals surface area contributed by atoms with E-state index in [1.54, 1.807) is 18.6 Å². The summed E-state index contributed by atoms with van der Waals surface area (Å²) in [5.74, 6) is 0. The molecule has 144 valence electrons. The molecule has 2 atom stereocenters. The molecule has 1 N–H and O–H groups in total. The maximum atomic E-state index is 12.9. The molecule has 0 aromatic carbocycles. The lowest BCUT2D eigenvalue weighted by atomic mass is 10.0. The highest BCUT2D eigenvalue weighted by Crippen LogP contribution is 2.29. The Kier molecular flexibility index (Phi) is 4.70. The highest BCUT2D eigenvalue weighted by molar-refractivity contribution is 7.89. The second-order valence-electron chi connectivity index (χ2n) is 6.64. The van der Waals surface area contributed by atoms with E-state index in [1.807, 2.05) is 18.5 Å². The fraction of sp³-hybridized carbons (Fsp3) is 0.471. The molecule has 1 aliphatic rings. The van der Waals surface area contributed by atoms with Crippen LogP contribution in [0.1, 0.15) is 37.3 Å².